The van der Waals surface area contributed by atoms with Crippen LogP contribution in [0.5, 0.6) is 6.01 Å². The number of rotatable bonds is 6. The summed E-state index contributed by atoms with van der Waals surface area (Å²) in [6, 6.07) is 2.06. The van der Waals surface area contributed by atoms with Crippen molar-refractivity contribution < 1.29 is 23.0 Å². The number of fused-ring (bicyclic) bond motifs is 3. The van der Waals surface area contributed by atoms with Gasteiger partial charge in [-0.25, -0.2) is 13.6 Å². The molecule has 5 rings (SSSR count). The first-order valence-electron chi connectivity index (χ1n) is 12.6. The third-order valence-electron chi connectivity index (χ3n) is 7.18. The summed E-state index contributed by atoms with van der Waals surface area (Å²) in [5, 5.41) is 0.305. The van der Waals surface area contributed by atoms with E-state index in [0.29, 0.717) is 30.9 Å². The Kier molecular flexibility index (Phi) is 6.21. The first-order chi connectivity index (χ1) is 16.9. The molecule has 196 valence electrons. The summed E-state index contributed by atoms with van der Waals surface area (Å²) < 4.78 is 40.8. The van der Waals surface area contributed by atoms with Gasteiger partial charge in [0.05, 0.1) is 18.7 Å². The van der Waals surface area contributed by atoms with E-state index in [-0.39, 0.29) is 35.1 Å². The number of carbonyl (C=O) groups is 1. The highest BCUT2D eigenvalue weighted by atomic mass is 19.1. The van der Waals surface area contributed by atoms with Crippen LogP contribution in [-0.2, 0) is 4.74 Å². The number of anilines is 1. The molecule has 3 fully saturated rings. The Bertz CT molecular complexity index is 1150. The fraction of sp³-hybridized carbons (Fsp3) is 0.654. The largest absolute Gasteiger partial charge is 0.463 e. The molecule has 2 atom stereocenters. The minimum atomic E-state index is -0.747. The average Bonchev–Trinajstić information content (AvgIpc) is 3.47. The van der Waals surface area contributed by atoms with E-state index in [0.717, 1.165) is 38.3 Å². The maximum Gasteiger partial charge on any atom is 0.410 e. The summed E-state index contributed by atoms with van der Waals surface area (Å²) in [7, 11) is 4.06. The molecule has 1 aromatic carbocycles. The van der Waals surface area contributed by atoms with Crippen molar-refractivity contribution in [3.63, 3.8) is 0 Å². The number of hydrogen-bond acceptors (Lipinski definition) is 7. The lowest BCUT2D eigenvalue weighted by Crippen LogP contribution is -2.57. The van der Waals surface area contributed by atoms with Crippen molar-refractivity contribution >= 4 is 22.8 Å². The van der Waals surface area contributed by atoms with Crippen molar-refractivity contribution in [3.8, 4) is 6.01 Å². The van der Waals surface area contributed by atoms with E-state index in [9.17, 15) is 13.6 Å². The van der Waals surface area contributed by atoms with Gasteiger partial charge in [0.2, 0.25) is 0 Å². The van der Waals surface area contributed by atoms with Crippen LogP contribution in [0, 0.1) is 17.0 Å². The van der Waals surface area contributed by atoms with Crippen LogP contribution in [0.3, 0.4) is 0 Å². The number of hydrogen-bond donors (Lipinski definition) is 0. The molecule has 1 aromatic heterocycles. The molecule has 3 heterocycles. The predicted molar refractivity (Wildman–Crippen MR) is 132 cm³/mol. The minimum Gasteiger partial charge on any atom is -0.463 e. The molecule has 1 aliphatic carbocycles. The van der Waals surface area contributed by atoms with Crippen molar-refractivity contribution in [2.75, 3.05) is 45.2 Å². The third-order valence-corrected chi connectivity index (χ3v) is 7.18. The van der Waals surface area contributed by atoms with Gasteiger partial charge in [-0.05, 0) is 66.6 Å². The summed E-state index contributed by atoms with van der Waals surface area (Å²) in [5.41, 5.74) is -0.485. The third kappa shape index (κ3) is 5.05. The Morgan fingerprint density at radius 2 is 1.81 bits per heavy atom. The lowest BCUT2D eigenvalue weighted by Gasteiger charge is -2.42. The molecule has 0 radical (unpaired) electrons. The Morgan fingerprint density at radius 3 is 2.39 bits per heavy atom. The van der Waals surface area contributed by atoms with Crippen molar-refractivity contribution in [2.24, 2.45) is 5.41 Å². The highest BCUT2D eigenvalue weighted by Gasteiger charge is 2.46. The minimum absolute atomic E-state index is 0.0378. The first-order valence-corrected chi connectivity index (χ1v) is 12.6. The molecule has 36 heavy (non-hydrogen) atoms. The van der Waals surface area contributed by atoms with Gasteiger partial charge in [0.15, 0.2) is 5.82 Å². The number of aromatic nitrogens is 2. The van der Waals surface area contributed by atoms with Gasteiger partial charge in [0.25, 0.3) is 0 Å². The van der Waals surface area contributed by atoms with E-state index in [4.69, 9.17) is 9.47 Å². The van der Waals surface area contributed by atoms with Gasteiger partial charge in [-0.1, -0.05) is 0 Å². The van der Waals surface area contributed by atoms with Crippen LogP contribution in [0.25, 0.3) is 10.9 Å². The summed E-state index contributed by atoms with van der Waals surface area (Å²) in [6.07, 6.45) is 3.46. The molecule has 3 aliphatic rings. The predicted octanol–water partition coefficient (Wildman–Crippen LogP) is 4.22. The van der Waals surface area contributed by atoms with E-state index < -0.39 is 17.2 Å². The second-order valence-corrected chi connectivity index (χ2v) is 11.8. The van der Waals surface area contributed by atoms with E-state index in [1.165, 1.54) is 6.07 Å². The molecule has 2 unspecified atom stereocenters. The van der Waals surface area contributed by atoms with Gasteiger partial charge in [-0.2, -0.15) is 9.97 Å². The molecule has 2 aliphatic heterocycles. The van der Waals surface area contributed by atoms with Crippen LogP contribution in [0.15, 0.2) is 12.1 Å². The quantitative estimate of drug-likeness (QED) is 0.585. The van der Waals surface area contributed by atoms with Crippen molar-refractivity contribution in [3.05, 3.63) is 23.8 Å². The first kappa shape index (κ1) is 24.9. The Hall–Kier alpha value is -2.75. The second kappa shape index (κ2) is 8.97. The molecule has 1 saturated carbocycles. The molecule has 0 N–H and O–H groups in total. The number of ether oxygens (including phenoxy) is 2. The standard InChI is InChI=1S/C26H35F2N5O3/c1-25(2,3)36-24(34)33-17-6-7-18(33)13-32(12-17)22-19-10-16(27)11-20(28)21(19)29-23(30-22)35-15-26(8-9-26)14-31(4)5/h10-11,17-18H,6-9,12-15H2,1-5H3. The second-order valence-electron chi connectivity index (χ2n) is 11.8. The SMILES string of the molecule is CN(C)CC1(COc2nc(N3CC4CCC(C3)N4C(=O)OC(C)(C)C)c3cc(F)cc(F)c3n2)CC1. The Labute approximate surface area is 210 Å². The smallest absolute Gasteiger partial charge is 0.410 e. The highest BCUT2D eigenvalue weighted by molar-refractivity contribution is 5.90. The van der Waals surface area contributed by atoms with Gasteiger partial charge in [0, 0.05) is 36.5 Å². The van der Waals surface area contributed by atoms with Gasteiger partial charge >= 0.3 is 12.1 Å². The average molecular weight is 504 g/mol. The summed E-state index contributed by atoms with van der Waals surface area (Å²) >= 11 is 0. The number of halogens is 2. The van der Waals surface area contributed by atoms with Crippen LogP contribution in [0.2, 0.25) is 0 Å². The molecule has 2 aromatic rings. The summed E-state index contributed by atoms with van der Waals surface area (Å²) in [6.45, 7) is 7.87. The van der Waals surface area contributed by atoms with E-state index in [1.54, 1.807) is 0 Å². The number of benzene rings is 1. The Morgan fingerprint density at radius 1 is 1.14 bits per heavy atom. The van der Waals surface area contributed by atoms with E-state index >= 15 is 0 Å². The van der Waals surface area contributed by atoms with Crippen molar-refractivity contribution in [1.82, 2.24) is 19.8 Å². The summed E-state index contributed by atoms with van der Waals surface area (Å²) in [5.74, 6) is -0.994. The van der Waals surface area contributed by atoms with Crippen LogP contribution in [0.4, 0.5) is 19.4 Å². The van der Waals surface area contributed by atoms with Crippen LogP contribution >= 0.6 is 0 Å². The van der Waals surface area contributed by atoms with E-state index in [2.05, 4.69) is 14.9 Å². The molecule has 2 saturated heterocycles. The van der Waals surface area contributed by atoms with Gasteiger partial charge < -0.3 is 19.3 Å². The van der Waals surface area contributed by atoms with Crippen LogP contribution in [-0.4, -0.2) is 83.9 Å². The fourth-order valence-electron chi connectivity index (χ4n) is 5.53. The molecular weight excluding hydrogens is 468 g/mol. The van der Waals surface area contributed by atoms with Crippen LogP contribution < -0.4 is 9.64 Å². The number of piperazine rings is 1. The molecule has 1 amide bonds. The zero-order chi connectivity index (χ0) is 25.8. The fourth-order valence-corrected chi connectivity index (χ4v) is 5.53. The maximum absolute atomic E-state index is 14.8. The lowest BCUT2D eigenvalue weighted by molar-refractivity contribution is 0.0123. The zero-order valence-corrected chi connectivity index (χ0v) is 21.7. The molecule has 8 nitrogen and oxygen atoms in total. The van der Waals surface area contributed by atoms with Crippen molar-refractivity contribution in [1.29, 1.82) is 0 Å². The molecule has 0 spiro atoms. The monoisotopic (exact) mass is 503 g/mol. The maximum atomic E-state index is 14.8. The Balaban J connectivity index is 1.43. The van der Waals surface area contributed by atoms with Gasteiger partial charge in [0.1, 0.15) is 22.8 Å². The topological polar surface area (TPSA) is 71.0 Å². The number of amides is 1. The highest BCUT2D eigenvalue weighted by Crippen LogP contribution is 2.46. The molecular formula is C26H35F2N5O3. The van der Waals surface area contributed by atoms with E-state index in [1.807, 2.05) is 44.7 Å². The zero-order valence-electron chi connectivity index (χ0n) is 21.7. The molecule has 10 heteroatoms. The molecule has 2 bridgehead atoms. The van der Waals surface area contributed by atoms with Gasteiger partial charge in [-0.15, -0.1) is 0 Å². The lowest BCUT2D eigenvalue weighted by atomic mass is 10.1. The van der Waals surface area contributed by atoms with Gasteiger partial charge in [-0.3, -0.25) is 4.90 Å². The van der Waals surface area contributed by atoms with Crippen LogP contribution in [0.1, 0.15) is 46.5 Å². The van der Waals surface area contributed by atoms with Crippen molar-refractivity contribution in [2.45, 2.75) is 64.1 Å². The number of nitrogens with zero attached hydrogens (tertiary/aromatic N) is 5. The summed E-state index contributed by atoms with van der Waals surface area (Å²) in [4.78, 5) is 27.8. The number of carbonyl (C=O) groups excluding carboxylic acids is 1. The normalized spacial score (nSPS) is 22.9.